The van der Waals surface area contributed by atoms with Gasteiger partial charge in [0.1, 0.15) is 24.4 Å². The Bertz CT molecular complexity index is 1180. The van der Waals surface area contributed by atoms with Crippen molar-refractivity contribution in [2.45, 2.75) is 236 Å². The highest BCUT2D eigenvalue weighted by Crippen LogP contribution is 2.23. The van der Waals surface area contributed by atoms with Crippen molar-refractivity contribution in [2.24, 2.45) is 0 Å². The Labute approximate surface area is 372 Å². The fourth-order valence-corrected chi connectivity index (χ4v) is 7.40. The second-order valence-corrected chi connectivity index (χ2v) is 16.9. The Hall–Kier alpha value is -2.37. The van der Waals surface area contributed by atoms with Crippen molar-refractivity contribution in [1.82, 2.24) is 5.32 Å². The van der Waals surface area contributed by atoms with Gasteiger partial charge in [-0.25, -0.2) is 0 Å². The quantitative estimate of drug-likeness (QED) is 0.0264. The third-order valence-corrected chi connectivity index (χ3v) is 11.3. The summed E-state index contributed by atoms with van der Waals surface area (Å²) in [5, 5.41) is 53.6. The van der Waals surface area contributed by atoms with E-state index in [1.54, 1.807) is 0 Å². The molecule has 1 fully saturated rings. The van der Waals surface area contributed by atoms with E-state index in [1.807, 2.05) is 0 Å². The molecule has 61 heavy (non-hydrogen) atoms. The van der Waals surface area contributed by atoms with Crippen LogP contribution in [-0.2, 0) is 14.3 Å². The molecule has 1 aliphatic heterocycles. The summed E-state index contributed by atoms with van der Waals surface area (Å²) in [4.78, 5) is 12.8. The molecule has 1 rings (SSSR count). The van der Waals surface area contributed by atoms with Crippen molar-refractivity contribution in [3.8, 4) is 0 Å². The second-order valence-electron chi connectivity index (χ2n) is 16.9. The summed E-state index contributed by atoms with van der Waals surface area (Å²) < 4.78 is 11.1. The molecule has 0 saturated carbocycles. The molecule has 7 unspecified atom stereocenters. The first-order valence-corrected chi connectivity index (χ1v) is 24.6. The highest BCUT2D eigenvalue weighted by atomic mass is 16.7. The number of hydrogen-bond acceptors (Lipinski definition) is 8. The number of aliphatic hydroxyl groups is 5. The Kier molecular flexibility index (Phi) is 38.7. The van der Waals surface area contributed by atoms with Crippen LogP contribution in [0.2, 0.25) is 0 Å². The van der Waals surface area contributed by atoms with Gasteiger partial charge in [0.2, 0.25) is 5.91 Å². The molecule has 1 saturated heterocycles. The summed E-state index contributed by atoms with van der Waals surface area (Å²) in [5.74, 6) is -0.159. The topological polar surface area (TPSA) is 149 Å². The lowest BCUT2D eigenvalue weighted by atomic mass is 9.99. The van der Waals surface area contributed by atoms with Crippen LogP contribution in [0.15, 0.2) is 72.9 Å². The molecule has 0 aromatic carbocycles. The molecule has 1 heterocycles. The zero-order valence-electron chi connectivity index (χ0n) is 38.6. The molecule has 0 aromatic heterocycles. The maximum absolute atomic E-state index is 12.8. The molecule has 6 N–H and O–H groups in total. The van der Waals surface area contributed by atoms with Crippen molar-refractivity contribution in [3.05, 3.63) is 72.9 Å². The Balaban J connectivity index is 1.98. The highest BCUT2D eigenvalue weighted by Gasteiger charge is 2.44. The van der Waals surface area contributed by atoms with Gasteiger partial charge in [0.25, 0.3) is 0 Å². The summed E-state index contributed by atoms with van der Waals surface area (Å²) in [5.41, 5.74) is 0. The third-order valence-electron chi connectivity index (χ3n) is 11.3. The lowest BCUT2D eigenvalue weighted by Crippen LogP contribution is -2.60. The van der Waals surface area contributed by atoms with E-state index in [9.17, 15) is 30.3 Å². The van der Waals surface area contributed by atoms with Crippen molar-refractivity contribution in [3.63, 3.8) is 0 Å². The van der Waals surface area contributed by atoms with E-state index in [-0.39, 0.29) is 12.5 Å². The lowest BCUT2D eigenvalue weighted by molar-refractivity contribution is -0.302. The number of carbonyl (C=O) groups is 1. The van der Waals surface area contributed by atoms with Gasteiger partial charge in [0, 0.05) is 6.42 Å². The zero-order valence-corrected chi connectivity index (χ0v) is 38.6. The van der Waals surface area contributed by atoms with Gasteiger partial charge in [-0.3, -0.25) is 4.79 Å². The number of unbranched alkanes of at least 4 members (excludes halogenated alkanes) is 18. The smallest absolute Gasteiger partial charge is 0.220 e. The van der Waals surface area contributed by atoms with Crippen LogP contribution in [0.4, 0.5) is 0 Å². The molecule has 9 heteroatoms. The molecule has 0 radical (unpaired) electrons. The molecule has 0 spiro atoms. The van der Waals surface area contributed by atoms with Gasteiger partial charge in [-0.2, -0.15) is 0 Å². The standard InChI is InChI=1S/C52H91NO8/c1-3-5-7-8-9-10-11-12-13-14-15-16-17-18-19-20-21-22-23-24-25-26-27-28-29-30-31-32-33-34-35-36-37-38-40-42-48(56)53-45(46(55)41-39-6-4-2)44-60-52-51(59)50(58)49(57)47(43-54)61-52/h5,7,9-10,12-13,15-16,18-19,21-22,45-47,49-52,54-55,57-59H,3-4,6,8,11,14,17,20,23-44H2,1-2H3,(H,53,56)/b7-5-,10-9-,13-12-,16-15-,19-18-,22-21-. The fourth-order valence-electron chi connectivity index (χ4n) is 7.40. The van der Waals surface area contributed by atoms with Crippen molar-refractivity contribution in [1.29, 1.82) is 0 Å². The average molecular weight is 858 g/mol. The summed E-state index contributed by atoms with van der Waals surface area (Å²) in [6, 6.07) is -0.716. The molecule has 9 nitrogen and oxygen atoms in total. The van der Waals surface area contributed by atoms with Gasteiger partial charge in [-0.1, -0.05) is 196 Å². The number of rotatable bonds is 40. The molecule has 0 bridgehead atoms. The minimum absolute atomic E-state index is 0.144. The first kappa shape index (κ1) is 56.6. The zero-order chi connectivity index (χ0) is 44.4. The van der Waals surface area contributed by atoms with E-state index in [0.717, 1.165) is 77.0 Å². The van der Waals surface area contributed by atoms with Gasteiger partial charge in [0.05, 0.1) is 25.4 Å². The van der Waals surface area contributed by atoms with Crippen LogP contribution in [-0.4, -0.2) is 87.5 Å². The van der Waals surface area contributed by atoms with Gasteiger partial charge in [-0.05, 0) is 64.2 Å². The Morgan fingerprint density at radius 2 is 1.02 bits per heavy atom. The summed E-state index contributed by atoms with van der Waals surface area (Å²) >= 11 is 0. The van der Waals surface area contributed by atoms with Gasteiger partial charge in [0.15, 0.2) is 6.29 Å². The number of aliphatic hydroxyl groups excluding tert-OH is 5. The monoisotopic (exact) mass is 858 g/mol. The van der Waals surface area contributed by atoms with Crippen LogP contribution in [0.3, 0.4) is 0 Å². The van der Waals surface area contributed by atoms with Crippen molar-refractivity contribution >= 4 is 5.91 Å². The molecule has 0 aromatic rings. The predicted molar refractivity (Wildman–Crippen MR) is 253 cm³/mol. The Morgan fingerprint density at radius 1 is 0.574 bits per heavy atom. The highest BCUT2D eigenvalue weighted by molar-refractivity contribution is 5.76. The minimum Gasteiger partial charge on any atom is -0.394 e. The predicted octanol–water partition coefficient (Wildman–Crippen LogP) is 10.9. The van der Waals surface area contributed by atoms with Crippen molar-refractivity contribution < 1.29 is 39.8 Å². The van der Waals surface area contributed by atoms with Crippen LogP contribution >= 0.6 is 0 Å². The molecule has 1 aliphatic rings. The Morgan fingerprint density at radius 3 is 1.48 bits per heavy atom. The molecular formula is C52H91NO8. The van der Waals surface area contributed by atoms with E-state index in [2.05, 4.69) is 92.1 Å². The van der Waals surface area contributed by atoms with Crippen LogP contribution < -0.4 is 5.32 Å². The second kappa shape index (κ2) is 41.6. The number of nitrogens with one attached hydrogen (secondary N) is 1. The van der Waals surface area contributed by atoms with Gasteiger partial charge in [-0.15, -0.1) is 0 Å². The van der Waals surface area contributed by atoms with E-state index in [4.69, 9.17) is 9.47 Å². The number of hydrogen-bond donors (Lipinski definition) is 6. The number of ether oxygens (including phenoxy) is 2. The van der Waals surface area contributed by atoms with E-state index < -0.39 is 49.5 Å². The minimum atomic E-state index is -1.55. The molecule has 1 amide bonds. The first-order chi connectivity index (χ1) is 29.8. The van der Waals surface area contributed by atoms with E-state index in [0.29, 0.717) is 12.8 Å². The van der Waals surface area contributed by atoms with Crippen LogP contribution in [0.5, 0.6) is 0 Å². The fraction of sp³-hybridized carbons (Fsp3) is 0.750. The number of allylic oxidation sites excluding steroid dienone is 12. The summed E-state index contributed by atoms with van der Waals surface area (Å²) in [6.45, 7) is 3.54. The van der Waals surface area contributed by atoms with Gasteiger partial charge < -0.3 is 40.3 Å². The SMILES string of the molecule is CC/C=C\C/C=C\C/C=C\C/C=C\C/C=C\C/C=C\CCCCCCCCCCCCCCCCCCC(=O)NC(COC1OC(CO)C(O)C(O)C1O)C(O)CCCCC. The maximum Gasteiger partial charge on any atom is 0.220 e. The molecule has 7 atom stereocenters. The van der Waals surface area contributed by atoms with Crippen LogP contribution in [0.25, 0.3) is 0 Å². The van der Waals surface area contributed by atoms with Crippen LogP contribution in [0, 0.1) is 0 Å². The van der Waals surface area contributed by atoms with Crippen LogP contribution in [0.1, 0.15) is 194 Å². The summed E-state index contributed by atoms with van der Waals surface area (Å²) in [7, 11) is 0. The van der Waals surface area contributed by atoms with E-state index >= 15 is 0 Å². The first-order valence-electron chi connectivity index (χ1n) is 24.6. The maximum atomic E-state index is 12.8. The summed E-state index contributed by atoms with van der Waals surface area (Å²) in [6.07, 6.45) is 50.3. The van der Waals surface area contributed by atoms with Crippen molar-refractivity contribution in [2.75, 3.05) is 13.2 Å². The van der Waals surface area contributed by atoms with Gasteiger partial charge >= 0.3 is 0 Å². The van der Waals surface area contributed by atoms with E-state index in [1.165, 1.54) is 89.9 Å². The average Bonchev–Trinajstić information content (AvgIpc) is 3.26. The normalized spacial score (nSPS) is 21.1. The third kappa shape index (κ3) is 32.0. The lowest BCUT2D eigenvalue weighted by Gasteiger charge is -2.40. The largest absolute Gasteiger partial charge is 0.394 e. The molecule has 0 aliphatic carbocycles. The number of amides is 1. The number of carbonyl (C=O) groups excluding carboxylic acids is 1. The molecular weight excluding hydrogens is 767 g/mol. The molecule has 352 valence electrons.